The van der Waals surface area contributed by atoms with E-state index in [2.05, 4.69) is 46.4 Å². The average Bonchev–Trinajstić information content (AvgIpc) is 2.95. The average molecular weight is 494 g/mol. The minimum absolute atomic E-state index is 0. The predicted octanol–water partition coefficient (Wildman–Crippen LogP) is 3.74. The second-order valence-electron chi connectivity index (χ2n) is 7.05. The van der Waals surface area contributed by atoms with Gasteiger partial charge in [-0.05, 0) is 46.7 Å². The maximum atomic E-state index is 4.58. The van der Waals surface area contributed by atoms with Gasteiger partial charge >= 0.3 is 0 Å². The van der Waals surface area contributed by atoms with E-state index in [0.29, 0.717) is 0 Å². The fourth-order valence-corrected chi connectivity index (χ4v) is 4.33. The number of nitrogens with zero attached hydrogens (tertiary/aromatic N) is 3. The lowest BCUT2D eigenvalue weighted by Gasteiger charge is -2.31. The third kappa shape index (κ3) is 8.08. The zero-order valence-corrected chi connectivity index (χ0v) is 20.0. The van der Waals surface area contributed by atoms with Gasteiger partial charge in [0.1, 0.15) is 0 Å². The molecule has 0 spiro atoms. The lowest BCUT2D eigenvalue weighted by Crippen LogP contribution is -2.40. The fourth-order valence-electron chi connectivity index (χ4n) is 3.39. The van der Waals surface area contributed by atoms with Crippen molar-refractivity contribution in [1.29, 1.82) is 0 Å². The molecule has 0 unspecified atom stereocenters. The molecule has 150 valence electrons. The lowest BCUT2D eigenvalue weighted by molar-refractivity contribution is 0.190. The highest BCUT2D eigenvalue weighted by Gasteiger charge is 2.17. The van der Waals surface area contributed by atoms with Crippen LogP contribution in [-0.4, -0.2) is 55.6 Å². The standard InChI is InChI=1S/C19H35N5S.HI/c1-15-16(2)25-18(23-15)11-13-22-19(20-3)21-12-8-14-24(4)17-9-6-5-7-10-17;/h17H,5-14H2,1-4H3,(H2,20,21,22);1H. The number of halogens is 1. The van der Waals surface area contributed by atoms with Crippen molar-refractivity contribution in [1.82, 2.24) is 20.5 Å². The Hall–Kier alpha value is -0.410. The third-order valence-electron chi connectivity index (χ3n) is 5.11. The lowest BCUT2D eigenvalue weighted by atomic mass is 9.94. The maximum Gasteiger partial charge on any atom is 0.190 e. The van der Waals surface area contributed by atoms with Crippen molar-refractivity contribution in [3.05, 3.63) is 15.6 Å². The van der Waals surface area contributed by atoms with Gasteiger partial charge in [-0.15, -0.1) is 35.3 Å². The molecule has 7 heteroatoms. The summed E-state index contributed by atoms with van der Waals surface area (Å²) in [5, 5.41) is 8.02. The first-order chi connectivity index (χ1) is 12.1. The second kappa shape index (κ2) is 12.9. The van der Waals surface area contributed by atoms with Gasteiger partial charge in [-0.25, -0.2) is 4.98 Å². The Morgan fingerprint density at radius 2 is 1.88 bits per heavy atom. The van der Waals surface area contributed by atoms with Gasteiger partial charge in [-0.1, -0.05) is 19.3 Å². The van der Waals surface area contributed by atoms with Gasteiger partial charge in [-0.2, -0.15) is 0 Å². The SMILES string of the molecule is CN=C(NCCCN(C)C1CCCCC1)NCCc1nc(C)c(C)s1.I. The van der Waals surface area contributed by atoms with E-state index in [1.165, 1.54) is 42.0 Å². The number of thiazole rings is 1. The van der Waals surface area contributed by atoms with Crippen molar-refractivity contribution in [2.75, 3.05) is 33.7 Å². The predicted molar refractivity (Wildman–Crippen MR) is 124 cm³/mol. The molecule has 0 amide bonds. The Labute approximate surface area is 180 Å². The monoisotopic (exact) mass is 493 g/mol. The van der Waals surface area contributed by atoms with Crippen molar-refractivity contribution < 1.29 is 0 Å². The van der Waals surface area contributed by atoms with Crippen LogP contribution in [0.1, 0.15) is 54.1 Å². The molecule has 1 aliphatic carbocycles. The van der Waals surface area contributed by atoms with Crippen LogP contribution in [0.25, 0.3) is 0 Å². The number of aryl methyl sites for hydroxylation is 2. The van der Waals surface area contributed by atoms with Crippen molar-refractivity contribution in [3.63, 3.8) is 0 Å². The Bertz CT molecular complexity index is 521. The molecule has 1 fully saturated rings. The first-order valence-corrected chi connectivity index (χ1v) is 10.5. The number of rotatable bonds is 8. The molecule has 0 atom stereocenters. The van der Waals surface area contributed by atoms with Gasteiger partial charge in [0.25, 0.3) is 0 Å². The van der Waals surface area contributed by atoms with Crippen LogP contribution in [0.3, 0.4) is 0 Å². The van der Waals surface area contributed by atoms with E-state index < -0.39 is 0 Å². The van der Waals surface area contributed by atoms with Crippen LogP contribution in [0.5, 0.6) is 0 Å². The Kier molecular flexibility index (Phi) is 11.7. The van der Waals surface area contributed by atoms with Crippen LogP contribution >= 0.6 is 35.3 Å². The summed E-state index contributed by atoms with van der Waals surface area (Å²) >= 11 is 1.79. The van der Waals surface area contributed by atoms with Gasteiger partial charge in [0.05, 0.1) is 10.7 Å². The van der Waals surface area contributed by atoms with Crippen molar-refractivity contribution in [2.45, 2.75) is 64.8 Å². The van der Waals surface area contributed by atoms with Gasteiger partial charge < -0.3 is 15.5 Å². The summed E-state index contributed by atoms with van der Waals surface area (Å²) in [7, 11) is 4.11. The molecule has 0 aliphatic heterocycles. The molecule has 0 aromatic carbocycles. The highest BCUT2D eigenvalue weighted by molar-refractivity contribution is 14.0. The van der Waals surface area contributed by atoms with Crippen LogP contribution in [0.4, 0.5) is 0 Å². The first kappa shape index (κ1) is 23.6. The minimum atomic E-state index is 0. The zero-order chi connectivity index (χ0) is 18.1. The molecule has 2 N–H and O–H groups in total. The molecule has 1 aromatic heterocycles. The van der Waals surface area contributed by atoms with E-state index >= 15 is 0 Å². The topological polar surface area (TPSA) is 52.6 Å². The van der Waals surface area contributed by atoms with Gasteiger partial charge in [-0.3, -0.25) is 4.99 Å². The molecule has 0 radical (unpaired) electrons. The summed E-state index contributed by atoms with van der Waals surface area (Å²) in [6.45, 7) is 7.20. The Morgan fingerprint density at radius 1 is 1.19 bits per heavy atom. The first-order valence-electron chi connectivity index (χ1n) is 9.68. The van der Waals surface area contributed by atoms with Crippen LogP contribution in [-0.2, 0) is 6.42 Å². The van der Waals surface area contributed by atoms with Crippen molar-refractivity contribution >= 4 is 41.3 Å². The smallest absolute Gasteiger partial charge is 0.190 e. The highest BCUT2D eigenvalue weighted by atomic mass is 127. The van der Waals surface area contributed by atoms with Gasteiger partial charge in [0, 0.05) is 37.5 Å². The summed E-state index contributed by atoms with van der Waals surface area (Å²) in [5.41, 5.74) is 1.16. The largest absolute Gasteiger partial charge is 0.356 e. The Balaban J connectivity index is 0.00000338. The van der Waals surface area contributed by atoms with E-state index in [0.717, 1.165) is 50.2 Å². The summed E-state index contributed by atoms with van der Waals surface area (Å²) in [5.74, 6) is 0.894. The summed E-state index contributed by atoms with van der Waals surface area (Å²) in [6.07, 6.45) is 9.09. The summed E-state index contributed by atoms with van der Waals surface area (Å²) < 4.78 is 0. The molecule has 1 aliphatic rings. The van der Waals surface area contributed by atoms with E-state index in [4.69, 9.17) is 0 Å². The number of aliphatic imine (C=N–C) groups is 1. The third-order valence-corrected chi connectivity index (χ3v) is 6.24. The quantitative estimate of drug-likeness (QED) is 0.251. The molecular formula is C19H36IN5S. The number of nitrogens with one attached hydrogen (secondary N) is 2. The number of hydrogen-bond acceptors (Lipinski definition) is 4. The van der Waals surface area contributed by atoms with Crippen LogP contribution in [0.2, 0.25) is 0 Å². The molecule has 0 saturated heterocycles. The number of hydrogen-bond donors (Lipinski definition) is 2. The van der Waals surface area contributed by atoms with E-state index in [-0.39, 0.29) is 24.0 Å². The van der Waals surface area contributed by atoms with E-state index in [1.807, 2.05) is 7.05 Å². The van der Waals surface area contributed by atoms with Crippen molar-refractivity contribution in [2.24, 2.45) is 4.99 Å². The fraction of sp³-hybridized carbons (Fsp3) is 0.789. The zero-order valence-electron chi connectivity index (χ0n) is 16.8. The summed E-state index contributed by atoms with van der Waals surface area (Å²) in [6, 6.07) is 0.802. The normalized spacial score (nSPS) is 15.8. The van der Waals surface area contributed by atoms with Gasteiger partial charge in [0.2, 0.25) is 0 Å². The molecule has 1 heterocycles. The highest BCUT2D eigenvalue weighted by Crippen LogP contribution is 2.21. The number of aromatic nitrogens is 1. The number of guanidine groups is 1. The molecule has 2 rings (SSSR count). The van der Waals surface area contributed by atoms with E-state index in [1.54, 1.807) is 11.3 Å². The van der Waals surface area contributed by atoms with Crippen molar-refractivity contribution in [3.8, 4) is 0 Å². The maximum absolute atomic E-state index is 4.58. The van der Waals surface area contributed by atoms with Crippen LogP contribution in [0, 0.1) is 13.8 Å². The van der Waals surface area contributed by atoms with Gasteiger partial charge in [0.15, 0.2) is 5.96 Å². The minimum Gasteiger partial charge on any atom is -0.356 e. The Morgan fingerprint density at radius 3 is 2.50 bits per heavy atom. The van der Waals surface area contributed by atoms with Crippen LogP contribution < -0.4 is 10.6 Å². The molecule has 26 heavy (non-hydrogen) atoms. The molecule has 0 bridgehead atoms. The second-order valence-corrected chi connectivity index (χ2v) is 8.34. The molecule has 1 aromatic rings. The summed E-state index contributed by atoms with van der Waals surface area (Å²) in [4.78, 5) is 12.8. The van der Waals surface area contributed by atoms with E-state index in [9.17, 15) is 0 Å². The molecular weight excluding hydrogens is 457 g/mol. The molecule has 5 nitrogen and oxygen atoms in total. The van der Waals surface area contributed by atoms with Crippen LogP contribution in [0.15, 0.2) is 4.99 Å². The molecule has 1 saturated carbocycles.